The van der Waals surface area contributed by atoms with Gasteiger partial charge in [-0.3, -0.25) is 4.79 Å². The molecule has 1 aliphatic heterocycles. The first-order valence-corrected chi connectivity index (χ1v) is 6.10. The topological polar surface area (TPSA) is 55.6 Å². The van der Waals surface area contributed by atoms with Crippen LogP contribution >= 0.6 is 0 Å². The largest absolute Gasteiger partial charge is 0.379 e. The van der Waals surface area contributed by atoms with E-state index < -0.39 is 0 Å². The predicted molar refractivity (Wildman–Crippen MR) is 64.0 cm³/mol. The number of carbonyl (C=O) groups excluding carboxylic acids is 1. The molecule has 0 aromatic carbocycles. The number of amides is 1. The van der Waals surface area contributed by atoms with Gasteiger partial charge in [0.15, 0.2) is 0 Å². The second-order valence-corrected chi connectivity index (χ2v) is 4.90. The first-order chi connectivity index (χ1) is 7.54. The van der Waals surface area contributed by atoms with Gasteiger partial charge in [-0.05, 0) is 25.7 Å². The summed E-state index contributed by atoms with van der Waals surface area (Å²) in [4.78, 5) is 13.8. The van der Waals surface area contributed by atoms with E-state index >= 15 is 0 Å². The van der Waals surface area contributed by atoms with Gasteiger partial charge in [0.25, 0.3) is 0 Å². The Balaban J connectivity index is 2.39. The molecule has 0 bridgehead atoms. The van der Waals surface area contributed by atoms with Crippen molar-refractivity contribution >= 4 is 5.91 Å². The van der Waals surface area contributed by atoms with Crippen LogP contribution in [0.3, 0.4) is 0 Å². The van der Waals surface area contributed by atoms with Crippen LogP contribution in [0.25, 0.3) is 0 Å². The zero-order chi connectivity index (χ0) is 12.1. The predicted octanol–water partition coefficient (Wildman–Crippen LogP) is 0.997. The van der Waals surface area contributed by atoms with Gasteiger partial charge < -0.3 is 15.4 Å². The first kappa shape index (κ1) is 13.5. The van der Waals surface area contributed by atoms with Gasteiger partial charge in [0, 0.05) is 32.7 Å². The van der Waals surface area contributed by atoms with Gasteiger partial charge in [0.05, 0.1) is 6.10 Å². The lowest BCUT2D eigenvalue weighted by Gasteiger charge is -2.36. The molecule has 0 radical (unpaired) electrons. The molecule has 0 spiro atoms. The Kier molecular flexibility index (Phi) is 5.22. The molecule has 94 valence electrons. The van der Waals surface area contributed by atoms with Crippen LogP contribution in [0.2, 0.25) is 0 Å². The Bertz CT molecular complexity index is 231. The van der Waals surface area contributed by atoms with Crippen molar-refractivity contribution in [3.05, 3.63) is 0 Å². The molecule has 0 aromatic heterocycles. The molecule has 1 amide bonds. The van der Waals surface area contributed by atoms with E-state index in [0.717, 1.165) is 25.9 Å². The minimum atomic E-state index is 0.103. The maximum absolute atomic E-state index is 11.9. The van der Waals surface area contributed by atoms with Gasteiger partial charge in [-0.25, -0.2) is 0 Å². The van der Waals surface area contributed by atoms with Gasteiger partial charge in [0.1, 0.15) is 0 Å². The Morgan fingerprint density at radius 3 is 2.88 bits per heavy atom. The molecule has 3 atom stereocenters. The van der Waals surface area contributed by atoms with Crippen LogP contribution in [0.4, 0.5) is 0 Å². The molecule has 0 saturated carbocycles. The molecule has 1 saturated heterocycles. The van der Waals surface area contributed by atoms with Crippen molar-refractivity contribution in [2.45, 2.75) is 45.3 Å². The summed E-state index contributed by atoms with van der Waals surface area (Å²) in [6.07, 6.45) is 2.54. The summed E-state index contributed by atoms with van der Waals surface area (Å²) < 4.78 is 5.39. The number of rotatable bonds is 4. The SMILES string of the molecule is COC1CN(C(=O)CCC(C)N)CCC1C. The summed E-state index contributed by atoms with van der Waals surface area (Å²) in [7, 11) is 1.72. The quantitative estimate of drug-likeness (QED) is 0.781. The lowest BCUT2D eigenvalue weighted by atomic mass is 9.95. The molecule has 0 aliphatic carbocycles. The Morgan fingerprint density at radius 2 is 2.31 bits per heavy atom. The Hall–Kier alpha value is -0.610. The maximum Gasteiger partial charge on any atom is 0.222 e. The van der Waals surface area contributed by atoms with Gasteiger partial charge in [-0.15, -0.1) is 0 Å². The van der Waals surface area contributed by atoms with Crippen LogP contribution in [-0.2, 0) is 9.53 Å². The summed E-state index contributed by atoms with van der Waals surface area (Å²) in [5.74, 6) is 0.758. The van der Waals surface area contributed by atoms with Gasteiger partial charge in [-0.2, -0.15) is 0 Å². The monoisotopic (exact) mass is 228 g/mol. The van der Waals surface area contributed by atoms with E-state index in [-0.39, 0.29) is 18.1 Å². The van der Waals surface area contributed by atoms with Crippen molar-refractivity contribution in [1.82, 2.24) is 4.90 Å². The normalized spacial score (nSPS) is 27.9. The molecule has 4 heteroatoms. The van der Waals surface area contributed by atoms with E-state index in [0.29, 0.717) is 12.3 Å². The zero-order valence-electron chi connectivity index (χ0n) is 10.6. The molecular weight excluding hydrogens is 204 g/mol. The highest BCUT2D eigenvalue weighted by molar-refractivity contribution is 5.76. The summed E-state index contributed by atoms with van der Waals surface area (Å²) in [6.45, 7) is 5.70. The number of hydrogen-bond acceptors (Lipinski definition) is 3. The molecule has 1 aliphatic rings. The van der Waals surface area contributed by atoms with Crippen molar-refractivity contribution in [3.8, 4) is 0 Å². The van der Waals surface area contributed by atoms with Crippen LogP contribution in [0.1, 0.15) is 33.1 Å². The minimum absolute atomic E-state index is 0.103. The van der Waals surface area contributed by atoms with Crippen LogP contribution in [0.15, 0.2) is 0 Å². The summed E-state index contributed by atoms with van der Waals surface area (Å²) >= 11 is 0. The van der Waals surface area contributed by atoms with E-state index in [9.17, 15) is 4.79 Å². The molecule has 1 fully saturated rings. The van der Waals surface area contributed by atoms with Crippen LogP contribution < -0.4 is 5.73 Å². The number of hydrogen-bond donors (Lipinski definition) is 1. The third kappa shape index (κ3) is 3.76. The smallest absolute Gasteiger partial charge is 0.222 e. The summed E-state index contributed by atoms with van der Waals surface area (Å²) in [6, 6.07) is 0.103. The van der Waals surface area contributed by atoms with Crippen molar-refractivity contribution in [2.24, 2.45) is 11.7 Å². The molecule has 16 heavy (non-hydrogen) atoms. The van der Waals surface area contributed by atoms with Crippen molar-refractivity contribution in [2.75, 3.05) is 20.2 Å². The molecule has 2 N–H and O–H groups in total. The number of methoxy groups -OCH3 is 1. The number of piperidine rings is 1. The highest BCUT2D eigenvalue weighted by Crippen LogP contribution is 2.20. The molecular formula is C12H24N2O2. The average Bonchev–Trinajstić information content (AvgIpc) is 2.26. The fourth-order valence-electron chi connectivity index (χ4n) is 2.08. The summed E-state index contributed by atoms with van der Waals surface area (Å²) in [5.41, 5.74) is 5.65. The van der Waals surface area contributed by atoms with E-state index in [1.54, 1.807) is 7.11 Å². The molecule has 3 unspecified atom stereocenters. The molecule has 0 aromatic rings. The Morgan fingerprint density at radius 1 is 1.62 bits per heavy atom. The van der Waals surface area contributed by atoms with Crippen molar-refractivity contribution in [1.29, 1.82) is 0 Å². The van der Waals surface area contributed by atoms with Crippen LogP contribution in [0, 0.1) is 5.92 Å². The number of ether oxygens (including phenoxy) is 1. The minimum Gasteiger partial charge on any atom is -0.379 e. The first-order valence-electron chi connectivity index (χ1n) is 6.10. The second kappa shape index (κ2) is 6.21. The number of likely N-dealkylation sites (tertiary alicyclic amines) is 1. The fourth-order valence-corrected chi connectivity index (χ4v) is 2.08. The molecule has 1 heterocycles. The lowest BCUT2D eigenvalue weighted by Crippen LogP contribution is -2.46. The third-order valence-electron chi connectivity index (χ3n) is 3.36. The van der Waals surface area contributed by atoms with Gasteiger partial charge >= 0.3 is 0 Å². The van der Waals surface area contributed by atoms with E-state index in [4.69, 9.17) is 10.5 Å². The van der Waals surface area contributed by atoms with Gasteiger partial charge in [-0.1, -0.05) is 6.92 Å². The zero-order valence-corrected chi connectivity index (χ0v) is 10.6. The average molecular weight is 228 g/mol. The fraction of sp³-hybridized carbons (Fsp3) is 0.917. The second-order valence-electron chi connectivity index (χ2n) is 4.90. The lowest BCUT2D eigenvalue weighted by molar-refractivity contribution is -0.136. The van der Waals surface area contributed by atoms with Crippen LogP contribution in [0.5, 0.6) is 0 Å². The van der Waals surface area contributed by atoms with E-state index in [1.165, 1.54) is 0 Å². The van der Waals surface area contributed by atoms with Crippen LogP contribution in [-0.4, -0.2) is 43.2 Å². The number of nitrogens with zero attached hydrogens (tertiary/aromatic N) is 1. The highest BCUT2D eigenvalue weighted by atomic mass is 16.5. The molecule has 1 rings (SSSR count). The maximum atomic E-state index is 11.9. The van der Waals surface area contributed by atoms with Crippen molar-refractivity contribution < 1.29 is 9.53 Å². The Labute approximate surface area is 98.1 Å². The van der Waals surface area contributed by atoms with Gasteiger partial charge in [0.2, 0.25) is 5.91 Å². The van der Waals surface area contributed by atoms with E-state index in [1.807, 2.05) is 11.8 Å². The number of nitrogens with two attached hydrogens (primary N) is 1. The number of carbonyl (C=O) groups is 1. The highest BCUT2D eigenvalue weighted by Gasteiger charge is 2.28. The summed E-state index contributed by atoms with van der Waals surface area (Å²) in [5, 5.41) is 0. The standard InChI is InChI=1S/C12H24N2O2/c1-9-6-7-14(8-11(9)16-3)12(15)5-4-10(2)13/h9-11H,4-8,13H2,1-3H3. The van der Waals surface area contributed by atoms with E-state index in [2.05, 4.69) is 6.92 Å². The van der Waals surface area contributed by atoms with Crippen molar-refractivity contribution in [3.63, 3.8) is 0 Å². The third-order valence-corrected chi connectivity index (χ3v) is 3.36. The molecule has 4 nitrogen and oxygen atoms in total.